The first-order chi connectivity index (χ1) is 14.4. The van der Waals surface area contributed by atoms with Gasteiger partial charge in [0.15, 0.2) is 11.5 Å². The second-order valence-corrected chi connectivity index (χ2v) is 7.23. The number of benzene rings is 2. The molecule has 6 nitrogen and oxygen atoms in total. The molecule has 0 radical (unpaired) electrons. The standard InChI is InChI=1S/C24H26N2O4/c1-6-13-26-23(27)21(17-9-12-19(29-4)20(14-17)30-5)22(24(26)28)25-18-10-7-16(8-11-18)15(2)3/h6-12,14-15,25H,1,13H2,2-5H3. The number of rotatable bonds is 8. The lowest BCUT2D eigenvalue weighted by molar-refractivity contribution is -0.136. The Morgan fingerprint density at radius 2 is 1.67 bits per heavy atom. The molecule has 2 aromatic carbocycles. The average molecular weight is 406 g/mol. The van der Waals surface area contributed by atoms with Crippen molar-refractivity contribution in [3.05, 3.63) is 71.9 Å². The van der Waals surface area contributed by atoms with Gasteiger partial charge in [-0.15, -0.1) is 6.58 Å². The lowest BCUT2D eigenvalue weighted by Crippen LogP contribution is -2.32. The maximum atomic E-state index is 13.1. The normalized spacial score (nSPS) is 13.8. The van der Waals surface area contributed by atoms with Crippen LogP contribution in [0.4, 0.5) is 5.69 Å². The highest BCUT2D eigenvalue weighted by Crippen LogP contribution is 2.35. The summed E-state index contributed by atoms with van der Waals surface area (Å²) >= 11 is 0. The molecule has 0 spiro atoms. The Bertz CT molecular complexity index is 1010. The van der Waals surface area contributed by atoms with Crippen molar-refractivity contribution in [2.75, 3.05) is 26.1 Å². The fourth-order valence-corrected chi connectivity index (χ4v) is 3.34. The van der Waals surface area contributed by atoms with Crippen molar-refractivity contribution >= 4 is 23.1 Å². The molecule has 2 aromatic rings. The average Bonchev–Trinajstić information content (AvgIpc) is 2.98. The van der Waals surface area contributed by atoms with E-state index < -0.39 is 5.91 Å². The number of ether oxygens (including phenoxy) is 2. The number of nitrogens with one attached hydrogen (secondary N) is 1. The summed E-state index contributed by atoms with van der Waals surface area (Å²) in [4.78, 5) is 27.3. The summed E-state index contributed by atoms with van der Waals surface area (Å²) in [5.74, 6) is 0.648. The van der Waals surface area contributed by atoms with E-state index in [1.165, 1.54) is 23.6 Å². The van der Waals surface area contributed by atoms with Crippen molar-refractivity contribution in [3.8, 4) is 11.5 Å². The highest BCUT2D eigenvalue weighted by molar-refractivity contribution is 6.36. The van der Waals surface area contributed by atoms with E-state index in [0.29, 0.717) is 23.0 Å². The Kier molecular flexibility index (Phi) is 6.26. The molecule has 0 aliphatic carbocycles. The SMILES string of the molecule is C=CCN1C(=O)C(Nc2ccc(C(C)C)cc2)=C(c2ccc(OC)c(OC)c2)C1=O. The largest absolute Gasteiger partial charge is 0.493 e. The van der Waals surface area contributed by atoms with Gasteiger partial charge in [0.1, 0.15) is 5.70 Å². The van der Waals surface area contributed by atoms with Crippen LogP contribution in [-0.2, 0) is 9.59 Å². The quantitative estimate of drug-likeness (QED) is 0.526. The number of amides is 2. The molecule has 0 saturated carbocycles. The minimum Gasteiger partial charge on any atom is -0.493 e. The predicted molar refractivity (Wildman–Crippen MR) is 118 cm³/mol. The number of hydrogen-bond donors (Lipinski definition) is 1. The number of anilines is 1. The van der Waals surface area contributed by atoms with Gasteiger partial charge in [-0.3, -0.25) is 14.5 Å². The van der Waals surface area contributed by atoms with Crippen LogP contribution in [0.1, 0.15) is 30.9 Å². The lowest BCUT2D eigenvalue weighted by atomic mass is 10.0. The topological polar surface area (TPSA) is 67.9 Å². The van der Waals surface area contributed by atoms with E-state index in [0.717, 1.165) is 5.69 Å². The van der Waals surface area contributed by atoms with Crippen LogP contribution in [0.3, 0.4) is 0 Å². The van der Waals surface area contributed by atoms with E-state index >= 15 is 0 Å². The summed E-state index contributed by atoms with van der Waals surface area (Å²) in [7, 11) is 3.07. The molecule has 0 bridgehead atoms. The number of hydrogen-bond acceptors (Lipinski definition) is 5. The number of imide groups is 1. The minimum atomic E-state index is -0.391. The summed E-state index contributed by atoms with van der Waals surface area (Å²) in [6.07, 6.45) is 1.53. The molecule has 0 saturated heterocycles. The summed E-state index contributed by atoms with van der Waals surface area (Å²) < 4.78 is 10.7. The van der Waals surface area contributed by atoms with Gasteiger partial charge >= 0.3 is 0 Å². The number of methoxy groups -OCH3 is 2. The van der Waals surface area contributed by atoms with E-state index in [-0.39, 0.29) is 23.7 Å². The first kappa shape index (κ1) is 21.2. The smallest absolute Gasteiger partial charge is 0.278 e. The van der Waals surface area contributed by atoms with Gasteiger partial charge in [0.05, 0.1) is 19.8 Å². The van der Waals surface area contributed by atoms with Gasteiger partial charge in [-0.1, -0.05) is 38.1 Å². The van der Waals surface area contributed by atoms with Crippen LogP contribution >= 0.6 is 0 Å². The van der Waals surface area contributed by atoms with Crippen molar-refractivity contribution < 1.29 is 19.1 Å². The minimum absolute atomic E-state index is 0.131. The monoisotopic (exact) mass is 406 g/mol. The van der Waals surface area contributed by atoms with Crippen LogP contribution in [0.15, 0.2) is 60.8 Å². The molecule has 3 rings (SSSR count). The zero-order valence-electron chi connectivity index (χ0n) is 17.7. The summed E-state index contributed by atoms with van der Waals surface area (Å²) in [5.41, 5.74) is 3.01. The maximum absolute atomic E-state index is 13.1. The van der Waals surface area contributed by atoms with E-state index in [1.807, 2.05) is 24.3 Å². The van der Waals surface area contributed by atoms with Gasteiger partial charge in [-0.25, -0.2) is 0 Å². The molecule has 30 heavy (non-hydrogen) atoms. The Hall–Kier alpha value is -3.54. The van der Waals surface area contributed by atoms with Crippen molar-refractivity contribution in [3.63, 3.8) is 0 Å². The summed E-state index contributed by atoms with van der Waals surface area (Å²) in [6.45, 7) is 8.02. The molecule has 0 fully saturated rings. The fourth-order valence-electron chi connectivity index (χ4n) is 3.34. The molecule has 156 valence electrons. The molecule has 1 aliphatic heterocycles. The molecule has 0 unspecified atom stereocenters. The van der Waals surface area contributed by atoms with Crippen molar-refractivity contribution in [2.24, 2.45) is 0 Å². The lowest BCUT2D eigenvalue weighted by Gasteiger charge is -2.13. The molecule has 1 aliphatic rings. The summed E-state index contributed by atoms with van der Waals surface area (Å²) in [6, 6.07) is 13.0. The van der Waals surface area contributed by atoms with Crippen LogP contribution < -0.4 is 14.8 Å². The van der Waals surface area contributed by atoms with Crippen LogP contribution in [0.25, 0.3) is 5.57 Å². The van der Waals surface area contributed by atoms with Gasteiger partial charge in [0.2, 0.25) is 0 Å². The zero-order chi connectivity index (χ0) is 21.8. The van der Waals surface area contributed by atoms with Crippen molar-refractivity contribution in [2.45, 2.75) is 19.8 Å². The van der Waals surface area contributed by atoms with E-state index in [2.05, 4.69) is 25.7 Å². The molecule has 2 amide bonds. The number of carbonyl (C=O) groups is 2. The number of nitrogens with zero attached hydrogens (tertiary/aromatic N) is 1. The van der Waals surface area contributed by atoms with Crippen LogP contribution in [0, 0.1) is 0 Å². The highest BCUT2D eigenvalue weighted by Gasteiger charge is 2.38. The Morgan fingerprint density at radius 3 is 2.23 bits per heavy atom. The summed E-state index contributed by atoms with van der Waals surface area (Å²) in [5, 5.41) is 3.15. The number of carbonyl (C=O) groups excluding carboxylic acids is 2. The second kappa shape index (κ2) is 8.86. The third-order valence-corrected chi connectivity index (χ3v) is 5.00. The zero-order valence-corrected chi connectivity index (χ0v) is 17.7. The molecule has 0 aromatic heterocycles. The Morgan fingerprint density at radius 1 is 1.00 bits per heavy atom. The van der Waals surface area contributed by atoms with Crippen LogP contribution in [-0.4, -0.2) is 37.5 Å². The first-order valence-electron chi connectivity index (χ1n) is 9.72. The second-order valence-electron chi connectivity index (χ2n) is 7.23. The molecule has 1 heterocycles. The van der Waals surface area contributed by atoms with E-state index in [1.54, 1.807) is 25.3 Å². The molecule has 0 atom stereocenters. The van der Waals surface area contributed by atoms with Gasteiger partial charge in [-0.05, 0) is 41.3 Å². The van der Waals surface area contributed by atoms with Gasteiger partial charge in [0, 0.05) is 12.2 Å². The van der Waals surface area contributed by atoms with Gasteiger partial charge < -0.3 is 14.8 Å². The fraction of sp³-hybridized carbons (Fsp3) is 0.250. The predicted octanol–water partition coefficient (Wildman–Crippen LogP) is 4.21. The van der Waals surface area contributed by atoms with Crippen LogP contribution in [0.2, 0.25) is 0 Å². The Labute approximate surface area is 176 Å². The van der Waals surface area contributed by atoms with Crippen molar-refractivity contribution in [1.82, 2.24) is 4.90 Å². The molecular formula is C24H26N2O4. The molecule has 6 heteroatoms. The molecular weight excluding hydrogens is 380 g/mol. The van der Waals surface area contributed by atoms with Crippen molar-refractivity contribution in [1.29, 1.82) is 0 Å². The Balaban J connectivity index is 2.07. The van der Waals surface area contributed by atoms with Gasteiger partial charge in [-0.2, -0.15) is 0 Å². The third kappa shape index (κ3) is 3.94. The first-order valence-corrected chi connectivity index (χ1v) is 9.72. The van der Waals surface area contributed by atoms with Gasteiger partial charge in [0.25, 0.3) is 11.8 Å². The van der Waals surface area contributed by atoms with E-state index in [4.69, 9.17) is 9.47 Å². The van der Waals surface area contributed by atoms with E-state index in [9.17, 15) is 9.59 Å². The maximum Gasteiger partial charge on any atom is 0.278 e. The third-order valence-electron chi connectivity index (χ3n) is 5.00. The van der Waals surface area contributed by atoms with Crippen LogP contribution in [0.5, 0.6) is 11.5 Å². The molecule has 1 N–H and O–H groups in total. The highest BCUT2D eigenvalue weighted by atomic mass is 16.5.